The first-order chi connectivity index (χ1) is 10.2. The number of imidazole rings is 1. The van der Waals surface area contributed by atoms with Crippen LogP contribution < -0.4 is 0 Å². The Balaban J connectivity index is 1.95. The van der Waals surface area contributed by atoms with Gasteiger partial charge >= 0.3 is 0 Å². The molecule has 0 radical (unpaired) electrons. The number of fused-ring (bicyclic) bond motifs is 1. The number of nitrogens with zero attached hydrogens (tertiary/aromatic N) is 4. The number of rotatable bonds is 3. The van der Waals surface area contributed by atoms with Gasteiger partial charge in [0.1, 0.15) is 12.4 Å². The molecule has 110 valence electrons. The fraction of sp³-hybridized carbons (Fsp3) is 0.529. The topological polar surface area (TPSA) is 44.9 Å². The highest BCUT2D eigenvalue weighted by atomic mass is 15.2. The van der Waals surface area contributed by atoms with E-state index in [4.69, 9.17) is 10.2 Å². The summed E-state index contributed by atoms with van der Waals surface area (Å²) in [5.74, 6) is 1.85. The molecule has 4 heteroatoms. The van der Waals surface area contributed by atoms with Gasteiger partial charge in [-0.3, -0.25) is 4.90 Å². The van der Waals surface area contributed by atoms with Crippen LogP contribution in [-0.2, 0) is 6.54 Å². The van der Waals surface area contributed by atoms with Crippen molar-refractivity contribution >= 4 is 11.0 Å². The molecule has 1 fully saturated rings. The van der Waals surface area contributed by atoms with Crippen molar-refractivity contribution in [3.8, 4) is 6.07 Å². The van der Waals surface area contributed by atoms with E-state index in [1.54, 1.807) is 0 Å². The Morgan fingerprint density at radius 2 is 2.05 bits per heavy atom. The third-order valence-corrected chi connectivity index (χ3v) is 4.65. The zero-order valence-corrected chi connectivity index (χ0v) is 12.8. The Morgan fingerprint density at radius 1 is 1.33 bits per heavy atom. The first-order valence-corrected chi connectivity index (χ1v) is 7.77. The van der Waals surface area contributed by atoms with Gasteiger partial charge < -0.3 is 4.57 Å². The lowest BCUT2D eigenvalue weighted by Gasteiger charge is -2.34. The van der Waals surface area contributed by atoms with Crippen LogP contribution in [0.15, 0.2) is 24.3 Å². The Kier molecular flexibility index (Phi) is 3.94. The SMILES string of the molecule is CC1CCN(C(C)c2nc3ccccc3n2CC#N)CC1. The van der Waals surface area contributed by atoms with E-state index in [0.717, 1.165) is 35.9 Å². The predicted octanol–water partition coefficient (Wildman–Crippen LogP) is 3.35. The highest BCUT2D eigenvalue weighted by molar-refractivity contribution is 5.76. The monoisotopic (exact) mass is 282 g/mol. The molecule has 0 saturated carbocycles. The summed E-state index contributed by atoms with van der Waals surface area (Å²) in [7, 11) is 0. The van der Waals surface area contributed by atoms with Crippen LogP contribution in [0.3, 0.4) is 0 Å². The van der Waals surface area contributed by atoms with Crippen LogP contribution in [0.1, 0.15) is 38.6 Å². The maximum absolute atomic E-state index is 9.14. The predicted molar refractivity (Wildman–Crippen MR) is 83.7 cm³/mol. The van der Waals surface area contributed by atoms with E-state index in [1.807, 2.05) is 24.3 Å². The smallest absolute Gasteiger partial charge is 0.127 e. The van der Waals surface area contributed by atoms with Gasteiger partial charge in [0.05, 0.1) is 23.1 Å². The van der Waals surface area contributed by atoms with Crippen LogP contribution in [0.4, 0.5) is 0 Å². The Hall–Kier alpha value is -1.86. The minimum absolute atomic E-state index is 0.262. The van der Waals surface area contributed by atoms with Crippen molar-refractivity contribution in [3.63, 3.8) is 0 Å². The second-order valence-electron chi connectivity index (χ2n) is 6.10. The molecule has 0 amide bonds. The summed E-state index contributed by atoms with van der Waals surface area (Å²) in [6.45, 7) is 7.15. The molecule has 1 atom stereocenters. The number of likely N-dealkylation sites (tertiary alicyclic amines) is 1. The van der Waals surface area contributed by atoms with Gasteiger partial charge in [0.25, 0.3) is 0 Å². The summed E-state index contributed by atoms with van der Waals surface area (Å²) >= 11 is 0. The van der Waals surface area contributed by atoms with E-state index in [1.165, 1.54) is 12.8 Å². The van der Waals surface area contributed by atoms with Gasteiger partial charge in [-0.25, -0.2) is 4.98 Å². The van der Waals surface area contributed by atoms with Crippen molar-refractivity contribution in [2.45, 2.75) is 39.3 Å². The average molecular weight is 282 g/mol. The zero-order valence-electron chi connectivity index (χ0n) is 12.8. The third-order valence-electron chi connectivity index (χ3n) is 4.65. The molecule has 21 heavy (non-hydrogen) atoms. The summed E-state index contributed by atoms with van der Waals surface area (Å²) in [6.07, 6.45) is 2.51. The van der Waals surface area contributed by atoms with Crippen molar-refractivity contribution in [1.82, 2.24) is 14.5 Å². The maximum atomic E-state index is 9.14. The Bertz CT molecular complexity index is 659. The van der Waals surface area contributed by atoms with Gasteiger partial charge in [0, 0.05) is 0 Å². The lowest BCUT2D eigenvalue weighted by molar-refractivity contribution is 0.140. The van der Waals surface area contributed by atoms with Crippen molar-refractivity contribution < 1.29 is 0 Å². The van der Waals surface area contributed by atoms with Crippen LogP contribution in [0, 0.1) is 17.2 Å². The fourth-order valence-electron chi connectivity index (χ4n) is 3.23. The van der Waals surface area contributed by atoms with Gasteiger partial charge in [0.15, 0.2) is 0 Å². The van der Waals surface area contributed by atoms with Crippen LogP contribution in [0.25, 0.3) is 11.0 Å². The summed E-state index contributed by atoms with van der Waals surface area (Å²) < 4.78 is 2.07. The largest absolute Gasteiger partial charge is 0.313 e. The normalized spacial score (nSPS) is 18.7. The number of piperidine rings is 1. The Labute approximate surface area is 126 Å². The molecule has 1 aromatic carbocycles. The molecule has 0 spiro atoms. The maximum Gasteiger partial charge on any atom is 0.127 e. The molecule has 1 aliphatic rings. The number of hydrogen-bond acceptors (Lipinski definition) is 3. The number of para-hydroxylation sites is 2. The molecular formula is C17H22N4. The second kappa shape index (κ2) is 5.87. The number of nitriles is 1. The fourth-order valence-corrected chi connectivity index (χ4v) is 3.23. The van der Waals surface area contributed by atoms with Gasteiger partial charge in [-0.15, -0.1) is 0 Å². The molecule has 1 aromatic heterocycles. The highest BCUT2D eigenvalue weighted by Gasteiger charge is 2.25. The minimum atomic E-state index is 0.262. The quantitative estimate of drug-likeness (QED) is 0.867. The second-order valence-corrected chi connectivity index (χ2v) is 6.10. The van der Waals surface area contributed by atoms with Crippen LogP contribution in [-0.4, -0.2) is 27.5 Å². The van der Waals surface area contributed by atoms with Crippen LogP contribution in [0.5, 0.6) is 0 Å². The summed E-state index contributed by atoms with van der Waals surface area (Å²) in [5, 5.41) is 9.14. The zero-order chi connectivity index (χ0) is 14.8. The molecule has 0 aliphatic carbocycles. The van der Waals surface area contributed by atoms with Crippen molar-refractivity contribution in [3.05, 3.63) is 30.1 Å². The van der Waals surface area contributed by atoms with Gasteiger partial charge in [-0.05, 0) is 50.9 Å². The molecule has 4 nitrogen and oxygen atoms in total. The molecule has 1 unspecified atom stereocenters. The Morgan fingerprint density at radius 3 is 2.76 bits per heavy atom. The molecule has 0 N–H and O–H groups in total. The van der Waals surface area contributed by atoms with E-state index in [2.05, 4.69) is 29.4 Å². The van der Waals surface area contributed by atoms with E-state index in [-0.39, 0.29) is 6.04 Å². The number of hydrogen-bond donors (Lipinski definition) is 0. The first-order valence-electron chi connectivity index (χ1n) is 7.77. The summed E-state index contributed by atoms with van der Waals surface area (Å²) in [4.78, 5) is 7.29. The van der Waals surface area contributed by atoms with E-state index < -0.39 is 0 Å². The van der Waals surface area contributed by atoms with Gasteiger partial charge in [-0.1, -0.05) is 19.1 Å². The molecule has 1 aliphatic heterocycles. The molecule has 3 rings (SSSR count). The van der Waals surface area contributed by atoms with Crippen molar-refractivity contribution in [1.29, 1.82) is 5.26 Å². The van der Waals surface area contributed by atoms with Gasteiger partial charge in [0.2, 0.25) is 0 Å². The molecular weight excluding hydrogens is 260 g/mol. The molecule has 0 bridgehead atoms. The number of benzene rings is 1. The highest BCUT2D eigenvalue weighted by Crippen LogP contribution is 2.28. The van der Waals surface area contributed by atoms with E-state index >= 15 is 0 Å². The van der Waals surface area contributed by atoms with Gasteiger partial charge in [-0.2, -0.15) is 5.26 Å². The molecule has 2 heterocycles. The number of aromatic nitrogens is 2. The lowest BCUT2D eigenvalue weighted by atomic mass is 9.98. The average Bonchev–Trinajstić information content (AvgIpc) is 2.87. The van der Waals surface area contributed by atoms with Crippen LogP contribution in [0.2, 0.25) is 0 Å². The van der Waals surface area contributed by atoms with Crippen molar-refractivity contribution in [2.75, 3.05) is 13.1 Å². The van der Waals surface area contributed by atoms with E-state index in [9.17, 15) is 0 Å². The molecule has 1 saturated heterocycles. The molecule has 2 aromatic rings. The lowest BCUT2D eigenvalue weighted by Crippen LogP contribution is -2.36. The first kappa shape index (κ1) is 14.1. The van der Waals surface area contributed by atoms with E-state index in [0.29, 0.717) is 6.54 Å². The minimum Gasteiger partial charge on any atom is -0.313 e. The standard InChI is InChI=1S/C17H22N4/c1-13-7-10-20(11-8-13)14(2)17-19-15-5-3-4-6-16(15)21(17)12-9-18/h3-6,13-14H,7-8,10-12H2,1-2H3. The van der Waals surface area contributed by atoms with Crippen LogP contribution >= 0.6 is 0 Å². The summed E-state index contributed by atoms with van der Waals surface area (Å²) in [5.41, 5.74) is 2.05. The summed E-state index contributed by atoms with van der Waals surface area (Å²) in [6, 6.07) is 10.6. The van der Waals surface area contributed by atoms with Crippen molar-refractivity contribution in [2.24, 2.45) is 5.92 Å². The third kappa shape index (κ3) is 2.66.